The predicted octanol–water partition coefficient (Wildman–Crippen LogP) is 7.29. The van der Waals surface area contributed by atoms with E-state index in [0.717, 1.165) is 22.2 Å². The Bertz CT molecular complexity index is 1020. The van der Waals surface area contributed by atoms with E-state index in [1.807, 2.05) is 56.9 Å². The van der Waals surface area contributed by atoms with Gasteiger partial charge in [-0.15, -0.1) is 0 Å². The van der Waals surface area contributed by atoms with Crippen molar-refractivity contribution in [3.05, 3.63) is 70.4 Å². The first-order chi connectivity index (χ1) is 14.7. The average molecular weight is 431 g/mol. The predicted molar refractivity (Wildman–Crippen MR) is 122 cm³/mol. The molecule has 5 heteroatoms. The quantitative estimate of drug-likeness (QED) is 0.460. The van der Waals surface area contributed by atoms with Crippen molar-refractivity contribution in [3.63, 3.8) is 0 Å². The van der Waals surface area contributed by atoms with Gasteiger partial charge in [-0.1, -0.05) is 45.9 Å². The van der Waals surface area contributed by atoms with Crippen LogP contribution in [0.5, 0.6) is 0 Å². The van der Waals surface area contributed by atoms with E-state index < -0.39 is 23.3 Å². The normalized spacial score (nSPS) is 16.9. The third kappa shape index (κ3) is 4.67. The molecule has 1 unspecified atom stereocenters. The lowest BCUT2D eigenvalue weighted by Gasteiger charge is -2.38. The van der Waals surface area contributed by atoms with Crippen LogP contribution in [0.15, 0.2) is 36.4 Å². The maximum absolute atomic E-state index is 15.2. The van der Waals surface area contributed by atoms with Crippen LogP contribution >= 0.6 is 0 Å². The van der Waals surface area contributed by atoms with E-state index in [4.69, 9.17) is 0 Å². The number of nitrogens with one attached hydrogen (secondary N) is 1. The molecule has 168 valence electrons. The fraction of sp³-hybridized carbons (Fsp3) is 0.462. The Hall–Kier alpha value is -2.27. The lowest BCUT2D eigenvalue weighted by molar-refractivity contribution is 0.0962. The van der Waals surface area contributed by atoms with Gasteiger partial charge in [0.15, 0.2) is 0 Å². The summed E-state index contributed by atoms with van der Waals surface area (Å²) in [5.41, 5.74) is 1.89. The Kier molecular flexibility index (Phi) is 6.85. The molecule has 0 spiro atoms. The van der Waals surface area contributed by atoms with Crippen molar-refractivity contribution in [1.82, 2.24) is 9.88 Å². The first-order valence-corrected chi connectivity index (χ1v) is 11.2. The number of fused-ring (bicyclic) bond motifs is 3. The van der Waals surface area contributed by atoms with Crippen molar-refractivity contribution in [1.29, 1.82) is 0 Å². The molecule has 0 saturated heterocycles. The van der Waals surface area contributed by atoms with Crippen LogP contribution in [-0.2, 0) is 6.42 Å². The van der Waals surface area contributed by atoms with E-state index in [-0.39, 0.29) is 18.0 Å². The highest BCUT2D eigenvalue weighted by molar-refractivity contribution is 5.85. The molecule has 1 aliphatic rings. The van der Waals surface area contributed by atoms with Crippen LogP contribution in [0.25, 0.3) is 10.9 Å². The first-order valence-electron chi connectivity index (χ1n) is 11.2. The van der Waals surface area contributed by atoms with Crippen LogP contribution in [0.4, 0.5) is 13.2 Å². The van der Waals surface area contributed by atoms with Gasteiger partial charge in [0.05, 0.1) is 6.04 Å². The zero-order valence-electron chi connectivity index (χ0n) is 19.3. The molecule has 31 heavy (non-hydrogen) atoms. The smallest absolute Gasteiger partial charge is 0.131 e. The molecular formula is C26H33F3N2. The summed E-state index contributed by atoms with van der Waals surface area (Å²) in [6.45, 7) is 11.4. The molecule has 1 aliphatic heterocycles. The van der Waals surface area contributed by atoms with Crippen molar-refractivity contribution >= 4 is 10.9 Å². The SMILES string of the molecule is CC.CC(C)c1cc(F)c(C2c3[nH]c4ccccc4c3CCN2CC(C)(C)F)c(F)c1. The number of benzene rings is 2. The van der Waals surface area contributed by atoms with E-state index >= 15 is 8.78 Å². The number of aromatic amines is 1. The zero-order chi connectivity index (χ0) is 22.9. The van der Waals surface area contributed by atoms with Crippen molar-refractivity contribution < 1.29 is 13.2 Å². The van der Waals surface area contributed by atoms with Gasteiger partial charge in [0.2, 0.25) is 0 Å². The van der Waals surface area contributed by atoms with Gasteiger partial charge in [-0.05, 0) is 55.5 Å². The van der Waals surface area contributed by atoms with Gasteiger partial charge in [-0.3, -0.25) is 4.90 Å². The van der Waals surface area contributed by atoms with Crippen LogP contribution in [0, 0.1) is 11.6 Å². The number of aromatic nitrogens is 1. The first kappa shape index (κ1) is 23.4. The number of rotatable bonds is 4. The summed E-state index contributed by atoms with van der Waals surface area (Å²) >= 11 is 0. The molecule has 1 N–H and O–H groups in total. The number of H-pyrrole nitrogens is 1. The third-order valence-corrected chi connectivity index (χ3v) is 5.75. The van der Waals surface area contributed by atoms with E-state index in [1.54, 1.807) is 0 Å². The lowest BCUT2D eigenvalue weighted by Crippen LogP contribution is -2.43. The molecule has 0 saturated carbocycles. The van der Waals surface area contributed by atoms with E-state index in [9.17, 15) is 4.39 Å². The molecule has 1 atom stereocenters. The summed E-state index contributed by atoms with van der Waals surface area (Å²) in [6, 6.07) is 10.0. The summed E-state index contributed by atoms with van der Waals surface area (Å²) in [5, 5.41) is 1.06. The Morgan fingerprint density at radius 2 is 1.71 bits per heavy atom. The molecule has 0 amide bonds. The monoisotopic (exact) mass is 430 g/mol. The highest BCUT2D eigenvalue weighted by Crippen LogP contribution is 2.41. The molecule has 1 aromatic heterocycles. The van der Waals surface area contributed by atoms with Gasteiger partial charge < -0.3 is 4.98 Å². The second-order valence-corrected chi connectivity index (χ2v) is 8.96. The molecule has 0 radical (unpaired) electrons. The van der Waals surface area contributed by atoms with Crippen LogP contribution in [0.3, 0.4) is 0 Å². The van der Waals surface area contributed by atoms with Gasteiger partial charge in [-0.25, -0.2) is 13.2 Å². The summed E-state index contributed by atoms with van der Waals surface area (Å²) in [5.74, 6) is -1.14. The van der Waals surface area contributed by atoms with Gasteiger partial charge in [0.1, 0.15) is 17.3 Å². The lowest BCUT2D eigenvalue weighted by atomic mass is 9.89. The number of halogens is 3. The molecule has 3 aromatic rings. The van der Waals surface area contributed by atoms with Crippen molar-refractivity contribution in [3.8, 4) is 0 Å². The summed E-state index contributed by atoms with van der Waals surface area (Å²) in [6.07, 6.45) is 0.708. The van der Waals surface area contributed by atoms with Gasteiger partial charge in [0.25, 0.3) is 0 Å². The van der Waals surface area contributed by atoms with Crippen molar-refractivity contribution in [2.75, 3.05) is 13.1 Å². The van der Waals surface area contributed by atoms with Gasteiger partial charge >= 0.3 is 0 Å². The van der Waals surface area contributed by atoms with Crippen molar-refractivity contribution in [2.24, 2.45) is 0 Å². The van der Waals surface area contributed by atoms with E-state index in [2.05, 4.69) is 4.98 Å². The zero-order valence-corrected chi connectivity index (χ0v) is 19.3. The maximum Gasteiger partial charge on any atom is 0.131 e. The molecule has 2 heterocycles. The number of nitrogens with zero attached hydrogens (tertiary/aromatic N) is 1. The second-order valence-electron chi connectivity index (χ2n) is 8.96. The van der Waals surface area contributed by atoms with Crippen molar-refractivity contribution in [2.45, 2.75) is 65.6 Å². The fourth-order valence-electron chi connectivity index (χ4n) is 4.47. The van der Waals surface area contributed by atoms with Gasteiger partial charge in [-0.2, -0.15) is 0 Å². The largest absolute Gasteiger partial charge is 0.357 e. The molecular weight excluding hydrogens is 397 g/mol. The minimum absolute atomic E-state index is 0.00819. The average Bonchev–Trinajstić information content (AvgIpc) is 3.08. The Morgan fingerprint density at radius 1 is 1.10 bits per heavy atom. The highest BCUT2D eigenvalue weighted by Gasteiger charge is 2.37. The molecule has 2 nitrogen and oxygen atoms in total. The fourth-order valence-corrected chi connectivity index (χ4v) is 4.47. The minimum Gasteiger partial charge on any atom is -0.357 e. The Morgan fingerprint density at radius 3 is 2.29 bits per heavy atom. The maximum atomic E-state index is 15.2. The number of hydrogen-bond acceptors (Lipinski definition) is 1. The van der Waals surface area contributed by atoms with E-state index in [1.165, 1.54) is 26.0 Å². The summed E-state index contributed by atoms with van der Waals surface area (Å²) in [7, 11) is 0. The molecule has 0 aliphatic carbocycles. The highest BCUT2D eigenvalue weighted by atomic mass is 19.1. The van der Waals surface area contributed by atoms with Crippen LogP contribution in [0.1, 0.15) is 75.9 Å². The molecule has 0 fully saturated rings. The standard InChI is InChI=1S/C24H27F3N2.C2H6/c1-14(2)15-11-18(25)21(19(26)12-15)23-22-17(9-10-29(23)13-24(3,4)27)16-7-5-6-8-20(16)28-22;1-2/h5-8,11-12,14,23,28H,9-10,13H2,1-4H3;1-2H3. The molecule has 4 rings (SSSR count). The Labute approximate surface area is 183 Å². The van der Waals surface area contributed by atoms with E-state index in [0.29, 0.717) is 18.5 Å². The van der Waals surface area contributed by atoms with Gasteiger partial charge in [0, 0.05) is 35.2 Å². The summed E-state index contributed by atoms with van der Waals surface area (Å²) < 4.78 is 45.0. The molecule has 2 aromatic carbocycles. The number of hydrogen-bond donors (Lipinski definition) is 1. The minimum atomic E-state index is -1.48. The topological polar surface area (TPSA) is 19.0 Å². The number of alkyl halides is 1. The third-order valence-electron chi connectivity index (χ3n) is 5.75. The van der Waals surface area contributed by atoms with Crippen LogP contribution in [0.2, 0.25) is 0 Å². The number of para-hydroxylation sites is 1. The Balaban J connectivity index is 0.00000132. The summed E-state index contributed by atoms with van der Waals surface area (Å²) in [4.78, 5) is 5.23. The van der Waals surface area contributed by atoms with Crippen LogP contribution in [-0.4, -0.2) is 28.6 Å². The van der Waals surface area contributed by atoms with Crippen LogP contribution < -0.4 is 0 Å². The molecule has 0 bridgehead atoms. The second kappa shape index (κ2) is 9.07.